The minimum absolute atomic E-state index is 0.0469. The third-order valence-corrected chi connectivity index (χ3v) is 3.57. The van der Waals surface area contributed by atoms with E-state index in [-0.39, 0.29) is 18.7 Å². The van der Waals surface area contributed by atoms with Crippen LogP contribution in [0.3, 0.4) is 0 Å². The van der Waals surface area contributed by atoms with E-state index >= 15 is 0 Å². The van der Waals surface area contributed by atoms with E-state index in [0.717, 1.165) is 0 Å². The van der Waals surface area contributed by atoms with Crippen LogP contribution in [-0.2, 0) is 20.9 Å². The molecule has 0 unspecified atom stereocenters. The first-order valence-electron chi connectivity index (χ1n) is 7.43. The normalized spacial score (nSPS) is 16.6. The number of benzene rings is 1. The maximum Gasteiger partial charge on any atom is 0.354 e. The van der Waals surface area contributed by atoms with Crippen LogP contribution in [0.2, 0.25) is 0 Å². The number of hydrogen-bond acceptors (Lipinski definition) is 6. The highest BCUT2D eigenvalue weighted by molar-refractivity contribution is 6.38. The molecule has 0 radical (unpaired) electrons. The van der Waals surface area contributed by atoms with Crippen molar-refractivity contribution in [3.8, 4) is 0 Å². The molecule has 0 spiro atoms. The fourth-order valence-electron chi connectivity index (χ4n) is 2.38. The lowest BCUT2D eigenvalue weighted by Crippen LogP contribution is -2.39. The predicted octanol–water partition coefficient (Wildman–Crippen LogP) is 1.24. The van der Waals surface area contributed by atoms with E-state index in [2.05, 4.69) is 10.1 Å². The number of rotatable bonds is 5. The van der Waals surface area contributed by atoms with Gasteiger partial charge in [0.25, 0.3) is 0 Å². The third kappa shape index (κ3) is 3.40. The van der Waals surface area contributed by atoms with E-state index in [9.17, 15) is 9.59 Å². The SMILES string of the molecule is NC(=O)[C@H]1CC(C(=O)OCc2ccccn2)=NN1c1ccccc1. The van der Waals surface area contributed by atoms with Gasteiger partial charge < -0.3 is 10.5 Å². The molecule has 1 aromatic heterocycles. The number of ether oxygens (including phenoxy) is 1. The Morgan fingerprint density at radius 1 is 1.17 bits per heavy atom. The number of nitrogens with zero attached hydrogens (tertiary/aromatic N) is 3. The zero-order valence-corrected chi connectivity index (χ0v) is 12.8. The molecule has 1 aliphatic heterocycles. The average Bonchev–Trinajstić information content (AvgIpc) is 3.07. The van der Waals surface area contributed by atoms with Crippen molar-refractivity contribution in [3.63, 3.8) is 0 Å². The summed E-state index contributed by atoms with van der Waals surface area (Å²) < 4.78 is 5.21. The number of carbonyl (C=O) groups is 2. The van der Waals surface area contributed by atoms with Gasteiger partial charge in [-0.25, -0.2) is 4.79 Å². The number of hydrazone groups is 1. The lowest BCUT2D eigenvalue weighted by Gasteiger charge is -2.20. The molecule has 0 aliphatic carbocycles. The molecule has 2 N–H and O–H groups in total. The van der Waals surface area contributed by atoms with Crippen molar-refractivity contribution in [3.05, 3.63) is 60.4 Å². The minimum Gasteiger partial charge on any atom is -0.455 e. The summed E-state index contributed by atoms with van der Waals surface area (Å²) in [6.45, 7) is 0.0469. The van der Waals surface area contributed by atoms with Crippen molar-refractivity contribution >= 4 is 23.3 Å². The van der Waals surface area contributed by atoms with E-state index in [4.69, 9.17) is 10.5 Å². The summed E-state index contributed by atoms with van der Waals surface area (Å²) in [5, 5.41) is 5.69. The molecule has 7 heteroatoms. The first kappa shape index (κ1) is 15.7. The molecule has 0 saturated carbocycles. The third-order valence-electron chi connectivity index (χ3n) is 3.57. The minimum atomic E-state index is -0.704. The molecule has 2 heterocycles. The Balaban J connectivity index is 1.73. The number of amides is 1. The quantitative estimate of drug-likeness (QED) is 0.835. The molecule has 3 rings (SSSR count). The maximum atomic E-state index is 12.2. The van der Waals surface area contributed by atoms with Crippen molar-refractivity contribution in [1.82, 2.24) is 4.98 Å². The molecule has 1 amide bonds. The molecule has 2 aromatic rings. The second-order valence-corrected chi connectivity index (χ2v) is 5.25. The smallest absolute Gasteiger partial charge is 0.354 e. The van der Waals surface area contributed by atoms with Crippen LogP contribution in [0, 0.1) is 0 Å². The molecule has 1 atom stereocenters. The van der Waals surface area contributed by atoms with Gasteiger partial charge in [-0.3, -0.25) is 14.8 Å². The second kappa shape index (κ2) is 6.91. The van der Waals surface area contributed by atoms with Crippen LogP contribution in [0.1, 0.15) is 12.1 Å². The van der Waals surface area contributed by atoms with Crippen LogP contribution in [0.5, 0.6) is 0 Å². The fraction of sp³-hybridized carbons (Fsp3) is 0.176. The molecule has 122 valence electrons. The van der Waals surface area contributed by atoms with E-state index in [0.29, 0.717) is 11.4 Å². The Bertz CT molecular complexity index is 762. The van der Waals surface area contributed by atoms with Gasteiger partial charge in [-0.1, -0.05) is 24.3 Å². The van der Waals surface area contributed by atoms with Gasteiger partial charge in [0.15, 0.2) is 0 Å². The second-order valence-electron chi connectivity index (χ2n) is 5.25. The lowest BCUT2D eigenvalue weighted by atomic mass is 10.1. The van der Waals surface area contributed by atoms with Crippen molar-refractivity contribution in [1.29, 1.82) is 0 Å². The van der Waals surface area contributed by atoms with Crippen molar-refractivity contribution in [2.75, 3.05) is 5.01 Å². The van der Waals surface area contributed by atoms with Gasteiger partial charge in [0, 0.05) is 12.6 Å². The van der Waals surface area contributed by atoms with E-state index in [1.165, 1.54) is 5.01 Å². The number of anilines is 1. The molecule has 1 aliphatic rings. The average molecular weight is 324 g/mol. The molecule has 0 fully saturated rings. The number of para-hydroxylation sites is 1. The Hall–Kier alpha value is -3.22. The first-order valence-corrected chi connectivity index (χ1v) is 7.43. The molecule has 0 bridgehead atoms. The number of aromatic nitrogens is 1. The Kier molecular flexibility index (Phi) is 4.51. The Morgan fingerprint density at radius 2 is 1.92 bits per heavy atom. The van der Waals surface area contributed by atoms with Crippen LogP contribution in [0.15, 0.2) is 59.8 Å². The van der Waals surface area contributed by atoms with Crippen LogP contribution < -0.4 is 10.7 Å². The van der Waals surface area contributed by atoms with Crippen LogP contribution in [0.4, 0.5) is 5.69 Å². The zero-order valence-electron chi connectivity index (χ0n) is 12.8. The van der Waals surface area contributed by atoms with Gasteiger partial charge in [0.2, 0.25) is 5.91 Å². The Labute approximate surface area is 138 Å². The van der Waals surface area contributed by atoms with Gasteiger partial charge in [0.05, 0.1) is 11.4 Å². The molecular weight excluding hydrogens is 308 g/mol. The largest absolute Gasteiger partial charge is 0.455 e. The molecule has 24 heavy (non-hydrogen) atoms. The summed E-state index contributed by atoms with van der Waals surface area (Å²) in [7, 11) is 0. The molecule has 7 nitrogen and oxygen atoms in total. The van der Waals surface area contributed by atoms with Crippen molar-refractivity contribution < 1.29 is 14.3 Å². The van der Waals surface area contributed by atoms with Gasteiger partial charge in [0.1, 0.15) is 18.4 Å². The Morgan fingerprint density at radius 3 is 2.58 bits per heavy atom. The van der Waals surface area contributed by atoms with Crippen LogP contribution in [0.25, 0.3) is 0 Å². The van der Waals surface area contributed by atoms with E-state index in [1.54, 1.807) is 30.5 Å². The summed E-state index contributed by atoms with van der Waals surface area (Å²) in [5.41, 5.74) is 6.93. The van der Waals surface area contributed by atoms with Gasteiger partial charge in [-0.15, -0.1) is 0 Å². The first-order chi connectivity index (χ1) is 11.6. The highest BCUT2D eigenvalue weighted by atomic mass is 16.5. The number of nitrogens with two attached hydrogens (primary N) is 1. The zero-order chi connectivity index (χ0) is 16.9. The summed E-state index contributed by atoms with van der Waals surface area (Å²) in [4.78, 5) is 28.0. The van der Waals surface area contributed by atoms with E-state index < -0.39 is 17.9 Å². The van der Waals surface area contributed by atoms with Gasteiger partial charge >= 0.3 is 5.97 Å². The number of pyridine rings is 1. The number of carbonyl (C=O) groups excluding carboxylic acids is 2. The van der Waals surface area contributed by atoms with Crippen LogP contribution in [-0.4, -0.2) is 28.6 Å². The van der Waals surface area contributed by atoms with Crippen LogP contribution >= 0.6 is 0 Å². The topological polar surface area (TPSA) is 97.9 Å². The molecule has 1 aromatic carbocycles. The fourth-order valence-corrected chi connectivity index (χ4v) is 2.38. The highest BCUT2D eigenvalue weighted by Crippen LogP contribution is 2.24. The predicted molar refractivity (Wildman–Crippen MR) is 88.0 cm³/mol. The van der Waals surface area contributed by atoms with E-state index in [1.807, 2.05) is 24.3 Å². The highest BCUT2D eigenvalue weighted by Gasteiger charge is 2.35. The van der Waals surface area contributed by atoms with Crippen molar-refractivity contribution in [2.24, 2.45) is 10.8 Å². The number of primary amides is 1. The summed E-state index contributed by atoms with van der Waals surface area (Å²) in [5.74, 6) is -1.12. The summed E-state index contributed by atoms with van der Waals surface area (Å²) in [6.07, 6.45) is 1.74. The molecule has 0 saturated heterocycles. The number of esters is 1. The summed E-state index contributed by atoms with van der Waals surface area (Å²) >= 11 is 0. The van der Waals surface area contributed by atoms with Crippen molar-refractivity contribution in [2.45, 2.75) is 19.1 Å². The van der Waals surface area contributed by atoms with Gasteiger partial charge in [-0.2, -0.15) is 5.10 Å². The van der Waals surface area contributed by atoms with Gasteiger partial charge in [-0.05, 0) is 24.3 Å². The summed E-state index contributed by atoms with van der Waals surface area (Å²) in [6, 6.07) is 13.7. The lowest BCUT2D eigenvalue weighted by molar-refractivity contribution is -0.137. The molecular formula is C17H16N4O3. The maximum absolute atomic E-state index is 12.2. The number of hydrogen-bond donors (Lipinski definition) is 1. The monoisotopic (exact) mass is 324 g/mol. The standard InChI is InChI=1S/C17H16N4O3/c18-16(22)15-10-14(20-21(15)13-7-2-1-3-8-13)17(23)24-11-12-6-4-5-9-19-12/h1-9,15H,10-11H2,(H2,18,22)/t15-/m1/s1.